The summed E-state index contributed by atoms with van der Waals surface area (Å²) in [7, 11) is 1.51. The molecule has 1 unspecified atom stereocenters. The van der Waals surface area contributed by atoms with Crippen molar-refractivity contribution in [1.29, 1.82) is 0 Å². The zero-order valence-corrected chi connectivity index (χ0v) is 13.9. The molecule has 0 aliphatic carbocycles. The number of esters is 1. The SMILES string of the molecule is CCOC(=O)C(CC)(Cc1cc(Br)ccc1OC)C(=O)O. The van der Waals surface area contributed by atoms with Crippen LogP contribution in [0, 0.1) is 5.41 Å². The van der Waals surface area contributed by atoms with Crippen molar-refractivity contribution in [2.24, 2.45) is 5.41 Å². The molecule has 0 spiro atoms. The summed E-state index contributed by atoms with van der Waals surface area (Å²) in [5.74, 6) is -1.37. The Kier molecular flexibility index (Phi) is 6.20. The van der Waals surface area contributed by atoms with Gasteiger partial charge in [0.2, 0.25) is 0 Å². The largest absolute Gasteiger partial charge is 0.496 e. The van der Waals surface area contributed by atoms with Gasteiger partial charge in [0.05, 0.1) is 13.7 Å². The number of carbonyl (C=O) groups excluding carboxylic acids is 1. The Hall–Kier alpha value is -1.56. The molecule has 0 aliphatic heterocycles. The number of halogens is 1. The Bertz CT molecular complexity index is 529. The molecule has 0 radical (unpaired) electrons. The summed E-state index contributed by atoms with van der Waals surface area (Å²) in [6.07, 6.45) is 0.150. The maximum atomic E-state index is 12.2. The van der Waals surface area contributed by atoms with E-state index in [2.05, 4.69) is 15.9 Å². The van der Waals surface area contributed by atoms with Crippen molar-refractivity contribution in [3.63, 3.8) is 0 Å². The molecule has 0 bridgehead atoms. The molecule has 0 aliphatic rings. The van der Waals surface area contributed by atoms with Crippen molar-refractivity contribution in [2.75, 3.05) is 13.7 Å². The highest BCUT2D eigenvalue weighted by molar-refractivity contribution is 9.10. The average molecular weight is 359 g/mol. The van der Waals surface area contributed by atoms with E-state index in [1.807, 2.05) is 0 Å². The highest BCUT2D eigenvalue weighted by Gasteiger charge is 2.46. The summed E-state index contributed by atoms with van der Waals surface area (Å²) in [6, 6.07) is 5.28. The van der Waals surface area contributed by atoms with Gasteiger partial charge in [-0.3, -0.25) is 9.59 Å². The fraction of sp³-hybridized carbons (Fsp3) is 0.467. The number of ether oxygens (including phenoxy) is 2. The first kappa shape index (κ1) is 17.5. The fourth-order valence-electron chi connectivity index (χ4n) is 2.14. The van der Waals surface area contributed by atoms with Gasteiger partial charge in [-0.15, -0.1) is 0 Å². The maximum Gasteiger partial charge on any atom is 0.323 e. The molecular weight excluding hydrogens is 340 g/mol. The summed E-state index contributed by atoms with van der Waals surface area (Å²) < 4.78 is 11.0. The number of hydrogen-bond donors (Lipinski definition) is 1. The van der Waals surface area contributed by atoms with Crippen LogP contribution in [0.25, 0.3) is 0 Å². The van der Waals surface area contributed by atoms with E-state index >= 15 is 0 Å². The van der Waals surface area contributed by atoms with E-state index in [0.717, 1.165) is 4.47 Å². The number of carboxylic acid groups (broad SMARTS) is 1. The topological polar surface area (TPSA) is 72.8 Å². The van der Waals surface area contributed by atoms with E-state index in [-0.39, 0.29) is 19.4 Å². The van der Waals surface area contributed by atoms with Gasteiger partial charge in [0, 0.05) is 10.9 Å². The van der Waals surface area contributed by atoms with Crippen LogP contribution in [0.15, 0.2) is 22.7 Å². The standard InChI is InChI=1S/C15H19BrO5/c1-4-15(13(17)18,14(19)21-5-2)9-10-8-11(16)6-7-12(10)20-3/h6-8H,4-5,9H2,1-3H3,(H,17,18). The van der Waals surface area contributed by atoms with E-state index < -0.39 is 17.4 Å². The third kappa shape index (κ3) is 3.75. The lowest BCUT2D eigenvalue weighted by molar-refractivity contribution is -0.168. The molecule has 0 heterocycles. The van der Waals surface area contributed by atoms with Crippen molar-refractivity contribution in [2.45, 2.75) is 26.7 Å². The average Bonchev–Trinajstić information content (AvgIpc) is 2.44. The quantitative estimate of drug-likeness (QED) is 0.598. The van der Waals surface area contributed by atoms with Crippen molar-refractivity contribution in [3.8, 4) is 5.75 Å². The van der Waals surface area contributed by atoms with E-state index in [0.29, 0.717) is 11.3 Å². The van der Waals surface area contributed by atoms with Gasteiger partial charge >= 0.3 is 11.9 Å². The normalized spacial score (nSPS) is 13.3. The number of carboxylic acids is 1. The summed E-state index contributed by atoms with van der Waals surface area (Å²) in [4.78, 5) is 23.9. The minimum Gasteiger partial charge on any atom is -0.496 e. The lowest BCUT2D eigenvalue weighted by Crippen LogP contribution is -2.42. The van der Waals surface area contributed by atoms with Crippen LogP contribution in [0.4, 0.5) is 0 Å². The minimum absolute atomic E-state index is 0.0142. The first-order chi connectivity index (χ1) is 9.91. The lowest BCUT2D eigenvalue weighted by atomic mass is 9.79. The van der Waals surface area contributed by atoms with Gasteiger partial charge in [-0.05, 0) is 37.1 Å². The molecule has 0 fully saturated rings. The summed E-state index contributed by atoms with van der Waals surface area (Å²) >= 11 is 3.34. The highest BCUT2D eigenvalue weighted by atomic mass is 79.9. The van der Waals surface area contributed by atoms with Crippen LogP contribution >= 0.6 is 15.9 Å². The molecule has 116 valence electrons. The molecule has 1 N–H and O–H groups in total. The van der Waals surface area contributed by atoms with Crippen molar-refractivity contribution >= 4 is 27.9 Å². The number of aliphatic carboxylic acids is 1. The molecule has 0 saturated carbocycles. The summed E-state index contributed by atoms with van der Waals surface area (Å²) in [5.41, 5.74) is -0.964. The van der Waals surface area contributed by atoms with Gasteiger partial charge in [0.15, 0.2) is 5.41 Å². The second-order valence-corrected chi connectivity index (χ2v) is 5.51. The zero-order valence-electron chi connectivity index (χ0n) is 12.3. The van der Waals surface area contributed by atoms with Crippen LogP contribution < -0.4 is 4.74 Å². The Morgan fingerprint density at radius 2 is 2.00 bits per heavy atom. The van der Waals surface area contributed by atoms with Gasteiger partial charge in [-0.2, -0.15) is 0 Å². The zero-order chi connectivity index (χ0) is 16.0. The van der Waals surface area contributed by atoms with E-state index in [1.165, 1.54) is 7.11 Å². The summed E-state index contributed by atoms with van der Waals surface area (Å²) in [5, 5.41) is 9.56. The Morgan fingerprint density at radius 3 is 2.48 bits per heavy atom. The van der Waals surface area contributed by atoms with Gasteiger partial charge < -0.3 is 14.6 Å². The molecule has 1 aromatic rings. The first-order valence-electron chi connectivity index (χ1n) is 6.64. The summed E-state index contributed by atoms with van der Waals surface area (Å²) in [6.45, 7) is 3.46. The van der Waals surface area contributed by atoms with Crippen LogP contribution in [0.3, 0.4) is 0 Å². The second-order valence-electron chi connectivity index (χ2n) is 4.59. The monoisotopic (exact) mass is 358 g/mol. The molecular formula is C15H19BrO5. The van der Waals surface area contributed by atoms with Crippen molar-refractivity contribution in [1.82, 2.24) is 0 Å². The van der Waals surface area contributed by atoms with Gasteiger partial charge in [-0.1, -0.05) is 22.9 Å². The van der Waals surface area contributed by atoms with Crippen LogP contribution in [0.2, 0.25) is 0 Å². The lowest BCUT2D eigenvalue weighted by Gasteiger charge is -2.26. The Balaban J connectivity index is 3.27. The number of hydrogen-bond acceptors (Lipinski definition) is 4. The molecule has 0 amide bonds. The molecule has 5 nitrogen and oxygen atoms in total. The maximum absolute atomic E-state index is 12.2. The Labute approximate surface area is 132 Å². The van der Waals surface area contributed by atoms with Crippen LogP contribution in [-0.4, -0.2) is 30.8 Å². The van der Waals surface area contributed by atoms with E-state index in [1.54, 1.807) is 32.0 Å². The first-order valence-corrected chi connectivity index (χ1v) is 7.43. The molecule has 0 aromatic heterocycles. The smallest absolute Gasteiger partial charge is 0.323 e. The van der Waals surface area contributed by atoms with Gasteiger partial charge in [0.1, 0.15) is 5.75 Å². The number of carbonyl (C=O) groups is 2. The van der Waals surface area contributed by atoms with Crippen LogP contribution in [-0.2, 0) is 20.7 Å². The third-order valence-corrected chi connectivity index (χ3v) is 3.91. The molecule has 1 rings (SSSR count). The van der Waals surface area contributed by atoms with E-state index in [4.69, 9.17) is 9.47 Å². The third-order valence-electron chi connectivity index (χ3n) is 3.41. The Morgan fingerprint density at radius 1 is 1.33 bits per heavy atom. The van der Waals surface area contributed by atoms with Crippen LogP contribution in [0.5, 0.6) is 5.75 Å². The van der Waals surface area contributed by atoms with Crippen molar-refractivity contribution < 1.29 is 24.2 Å². The second kappa shape index (κ2) is 7.45. The van der Waals surface area contributed by atoms with Crippen molar-refractivity contribution in [3.05, 3.63) is 28.2 Å². The molecule has 1 aromatic carbocycles. The van der Waals surface area contributed by atoms with Gasteiger partial charge in [0.25, 0.3) is 0 Å². The number of benzene rings is 1. The molecule has 0 saturated heterocycles. The van der Waals surface area contributed by atoms with E-state index in [9.17, 15) is 14.7 Å². The van der Waals surface area contributed by atoms with Gasteiger partial charge in [-0.25, -0.2) is 0 Å². The number of rotatable bonds is 7. The minimum atomic E-state index is -1.61. The fourth-order valence-corrected chi connectivity index (χ4v) is 2.54. The van der Waals surface area contributed by atoms with Crippen LogP contribution in [0.1, 0.15) is 25.8 Å². The number of methoxy groups -OCH3 is 1. The molecule has 1 atom stereocenters. The molecule has 21 heavy (non-hydrogen) atoms. The predicted molar refractivity (Wildman–Crippen MR) is 81.4 cm³/mol. The predicted octanol–water partition coefficient (Wildman–Crippen LogP) is 3.04. The highest BCUT2D eigenvalue weighted by Crippen LogP contribution is 2.34. The molecule has 6 heteroatoms.